The fourth-order valence-electron chi connectivity index (χ4n) is 5.83. The number of ether oxygens (including phenoxy) is 2. The van der Waals surface area contributed by atoms with Gasteiger partial charge in [-0.3, -0.25) is 19.6 Å². The van der Waals surface area contributed by atoms with Crippen LogP contribution in [0.25, 0.3) is 0 Å². The summed E-state index contributed by atoms with van der Waals surface area (Å²) in [5.41, 5.74) is 4.18. The number of benzene rings is 1. The number of esters is 1. The molecule has 2 aliphatic carbocycles. The van der Waals surface area contributed by atoms with Crippen molar-refractivity contribution in [3.8, 4) is 5.75 Å². The van der Waals surface area contributed by atoms with Gasteiger partial charge in [-0.2, -0.15) is 0 Å². The fourth-order valence-corrected chi connectivity index (χ4v) is 5.83. The molecule has 6 nitrogen and oxygen atoms in total. The molecule has 2 aromatic rings. The Bertz CT molecular complexity index is 1150. The van der Waals surface area contributed by atoms with Crippen molar-refractivity contribution in [3.05, 3.63) is 71.2 Å². The van der Waals surface area contributed by atoms with Crippen molar-refractivity contribution in [2.45, 2.75) is 69.8 Å². The van der Waals surface area contributed by atoms with Gasteiger partial charge in [0.25, 0.3) is 0 Å². The highest BCUT2D eigenvalue weighted by atomic mass is 16.5. The van der Waals surface area contributed by atoms with E-state index in [1.807, 2.05) is 43.3 Å². The van der Waals surface area contributed by atoms with Crippen LogP contribution in [0.4, 0.5) is 0 Å². The Morgan fingerprint density at radius 1 is 0.943 bits per heavy atom. The molecule has 6 heteroatoms. The van der Waals surface area contributed by atoms with Crippen LogP contribution in [0.15, 0.2) is 65.1 Å². The van der Waals surface area contributed by atoms with E-state index >= 15 is 0 Å². The van der Waals surface area contributed by atoms with Gasteiger partial charge in [-0.25, -0.2) is 0 Å². The summed E-state index contributed by atoms with van der Waals surface area (Å²) in [7, 11) is 1.64. The molecule has 0 radical (unpaired) electrons. The molecule has 3 aliphatic rings. The number of carbonyl (C=O) groups is 2. The quantitative estimate of drug-likeness (QED) is 0.534. The summed E-state index contributed by atoms with van der Waals surface area (Å²) >= 11 is 0. The van der Waals surface area contributed by atoms with Crippen LogP contribution in [0.1, 0.15) is 74.8 Å². The van der Waals surface area contributed by atoms with Crippen LogP contribution in [0.5, 0.6) is 5.75 Å². The third-order valence-corrected chi connectivity index (χ3v) is 7.63. The Morgan fingerprint density at radius 2 is 1.66 bits per heavy atom. The van der Waals surface area contributed by atoms with E-state index < -0.39 is 11.8 Å². The maximum absolute atomic E-state index is 13.7. The van der Waals surface area contributed by atoms with Gasteiger partial charge in [0.15, 0.2) is 5.78 Å². The predicted molar refractivity (Wildman–Crippen MR) is 134 cm³/mol. The number of aromatic nitrogens is 1. The lowest BCUT2D eigenvalue weighted by Gasteiger charge is -2.37. The highest BCUT2D eigenvalue weighted by molar-refractivity contribution is 6.09. The molecule has 0 amide bonds. The number of pyridine rings is 1. The summed E-state index contributed by atoms with van der Waals surface area (Å²) in [6, 6.07) is 11.7. The van der Waals surface area contributed by atoms with Crippen molar-refractivity contribution < 1.29 is 19.1 Å². The van der Waals surface area contributed by atoms with E-state index in [9.17, 15) is 9.59 Å². The van der Waals surface area contributed by atoms with Gasteiger partial charge in [0.05, 0.1) is 7.11 Å². The number of methoxy groups -OCH3 is 1. The lowest BCUT2D eigenvalue weighted by atomic mass is 9.69. The van der Waals surface area contributed by atoms with Crippen molar-refractivity contribution in [3.63, 3.8) is 0 Å². The van der Waals surface area contributed by atoms with Crippen LogP contribution < -0.4 is 4.74 Å². The third kappa shape index (κ3) is 4.79. The Kier molecular flexibility index (Phi) is 6.80. The molecule has 0 N–H and O–H groups in total. The first-order valence-electron chi connectivity index (χ1n) is 12.6. The zero-order valence-electron chi connectivity index (χ0n) is 20.4. The van der Waals surface area contributed by atoms with Crippen LogP contribution in [0, 0.1) is 5.92 Å². The third-order valence-electron chi connectivity index (χ3n) is 7.63. The van der Waals surface area contributed by atoms with E-state index in [0.717, 1.165) is 54.0 Å². The summed E-state index contributed by atoms with van der Waals surface area (Å²) in [6.45, 7) is 1.90. The van der Waals surface area contributed by atoms with Crippen LogP contribution in [0.2, 0.25) is 0 Å². The van der Waals surface area contributed by atoms with Crippen LogP contribution in [0.3, 0.4) is 0 Å². The molecular formula is C29H32N2O4. The first kappa shape index (κ1) is 23.5. The maximum atomic E-state index is 13.7. The van der Waals surface area contributed by atoms with E-state index in [4.69, 9.17) is 14.5 Å². The maximum Gasteiger partial charge on any atom is 0.315 e. The predicted octanol–water partition coefficient (Wildman–Crippen LogP) is 5.54. The largest absolute Gasteiger partial charge is 0.497 e. The topological polar surface area (TPSA) is 77.8 Å². The number of carbonyl (C=O) groups excluding carboxylic acids is 2. The minimum Gasteiger partial charge on any atom is -0.497 e. The molecule has 1 saturated carbocycles. The highest BCUT2D eigenvalue weighted by Gasteiger charge is 2.45. The van der Waals surface area contributed by atoms with Gasteiger partial charge in [0.2, 0.25) is 0 Å². The van der Waals surface area contributed by atoms with E-state index in [-0.39, 0.29) is 23.8 Å². The van der Waals surface area contributed by atoms with Gasteiger partial charge in [-0.15, -0.1) is 0 Å². The van der Waals surface area contributed by atoms with Crippen LogP contribution in [-0.2, 0) is 14.3 Å². The van der Waals surface area contributed by atoms with Crippen molar-refractivity contribution in [2.75, 3.05) is 7.11 Å². The molecule has 5 rings (SSSR count). The molecule has 2 heterocycles. The lowest BCUT2D eigenvalue weighted by molar-refractivity contribution is -0.153. The SMILES string of the molecule is COc1ccc([C@@H]2CC(=O)C3=C(C2)N=C(C)C(C(=O)OC2CCCCC2)[C@@H]3c2ccncc2)cc1. The molecule has 182 valence electrons. The van der Waals surface area contributed by atoms with Crippen molar-refractivity contribution >= 4 is 17.5 Å². The van der Waals surface area contributed by atoms with E-state index in [2.05, 4.69) is 4.98 Å². The number of ketones is 1. The number of hydrogen-bond donors (Lipinski definition) is 0. The molecule has 0 bridgehead atoms. The van der Waals surface area contributed by atoms with Crippen molar-refractivity contribution in [2.24, 2.45) is 10.9 Å². The average Bonchev–Trinajstić information content (AvgIpc) is 2.88. The standard InChI is InChI=1S/C29H32N2O4/c1-18-26(29(33)35-23-6-4-3-5-7-23)27(20-12-14-30-15-13-20)28-24(31-18)16-21(17-25(28)32)19-8-10-22(34-2)11-9-19/h8-15,21,23,26-27H,3-7,16-17H2,1-2H3/t21-,26?,27-/m0/s1. The minimum atomic E-state index is -0.598. The fraction of sp³-hybridized carbons (Fsp3) is 0.448. The Labute approximate surface area is 206 Å². The number of nitrogens with zero attached hydrogens (tertiary/aromatic N) is 2. The molecule has 0 saturated heterocycles. The van der Waals surface area contributed by atoms with Gasteiger partial charge in [-0.1, -0.05) is 18.6 Å². The summed E-state index contributed by atoms with van der Waals surface area (Å²) in [4.78, 5) is 36.2. The molecule has 1 fully saturated rings. The molecule has 35 heavy (non-hydrogen) atoms. The zero-order valence-corrected chi connectivity index (χ0v) is 20.4. The minimum absolute atomic E-state index is 0.0426. The normalized spacial score (nSPS) is 25.0. The van der Waals surface area contributed by atoms with Gasteiger partial charge in [0, 0.05) is 41.7 Å². The van der Waals surface area contributed by atoms with E-state index in [1.54, 1.807) is 19.5 Å². The number of rotatable bonds is 5. The second-order valence-electron chi connectivity index (χ2n) is 9.85. The van der Waals surface area contributed by atoms with Gasteiger partial charge < -0.3 is 9.47 Å². The van der Waals surface area contributed by atoms with Crippen molar-refractivity contribution in [1.29, 1.82) is 0 Å². The average molecular weight is 473 g/mol. The molecule has 1 unspecified atom stereocenters. The van der Waals surface area contributed by atoms with E-state index in [0.29, 0.717) is 18.4 Å². The number of allylic oxidation sites excluding steroid dienone is 2. The zero-order chi connectivity index (χ0) is 24.4. The molecule has 1 aromatic heterocycles. The second-order valence-corrected chi connectivity index (χ2v) is 9.85. The monoisotopic (exact) mass is 472 g/mol. The number of aliphatic imine (C=N–C) groups is 1. The van der Waals surface area contributed by atoms with E-state index in [1.165, 1.54) is 6.42 Å². The molecular weight excluding hydrogens is 440 g/mol. The smallest absolute Gasteiger partial charge is 0.315 e. The Hall–Kier alpha value is -3.28. The van der Waals surface area contributed by atoms with Crippen molar-refractivity contribution in [1.82, 2.24) is 4.98 Å². The number of Topliss-reactive ketones (excluding diaryl/α,β-unsaturated/α-hetero) is 1. The van der Waals surface area contributed by atoms with Gasteiger partial charge in [-0.05, 0) is 80.3 Å². The molecule has 0 spiro atoms. The molecule has 1 aromatic carbocycles. The Morgan fingerprint density at radius 3 is 2.34 bits per heavy atom. The van der Waals surface area contributed by atoms with Crippen LogP contribution in [-0.4, -0.2) is 35.7 Å². The Balaban J connectivity index is 1.49. The summed E-state index contributed by atoms with van der Waals surface area (Å²) < 4.78 is 11.3. The molecule has 1 aliphatic heterocycles. The summed E-state index contributed by atoms with van der Waals surface area (Å²) in [5.74, 6) is -0.366. The van der Waals surface area contributed by atoms with Crippen LogP contribution >= 0.6 is 0 Å². The highest BCUT2D eigenvalue weighted by Crippen LogP contribution is 2.47. The second kappa shape index (κ2) is 10.1. The van der Waals surface area contributed by atoms with Gasteiger partial charge >= 0.3 is 5.97 Å². The number of hydrogen-bond acceptors (Lipinski definition) is 6. The summed E-state index contributed by atoms with van der Waals surface area (Å²) in [6.07, 6.45) is 9.63. The van der Waals surface area contributed by atoms with Gasteiger partial charge in [0.1, 0.15) is 17.8 Å². The summed E-state index contributed by atoms with van der Waals surface area (Å²) in [5, 5.41) is 0. The lowest BCUT2D eigenvalue weighted by Crippen LogP contribution is -2.39. The first-order valence-corrected chi connectivity index (χ1v) is 12.6. The first-order chi connectivity index (χ1) is 17.0. The molecule has 3 atom stereocenters.